The molecule has 0 N–H and O–H groups in total. The highest BCUT2D eigenvalue weighted by Gasteiger charge is 2.04. The number of hydrogen-bond acceptors (Lipinski definition) is 0. The average Bonchev–Trinajstić information content (AvgIpc) is 2.46. The number of rotatable bonds is 1. The monoisotopic (exact) mass is 177 g/mol. The highest BCUT2D eigenvalue weighted by atomic mass is 19.1. The van der Waals surface area contributed by atoms with Gasteiger partial charge in [0.25, 0.3) is 0 Å². The first-order chi connectivity index (χ1) is 6.18. The molecule has 2 aromatic rings. The Hall–Kier alpha value is -1.31. The minimum Gasteiger partial charge on any atom is -0.345 e. The summed E-state index contributed by atoms with van der Waals surface area (Å²) in [7, 11) is 0. The lowest BCUT2D eigenvalue weighted by molar-refractivity contribution is 0.611. The van der Waals surface area contributed by atoms with Crippen molar-refractivity contribution in [3.63, 3.8) is 0 Å². The molecule has 2 heteroatoms. The van der Waals surface area contributed by atoms with E-state index in [1.807, 2.05) is 18.3 Å². The van der Waals surface area contributed by atoms with E-state index in [2.05, 4.69) is 18.4 Å². The molecule has 13 heavy (non-hydrogen) atoms. The number of hydrogen-bond donors (Lipinski definition) is 0. The molecule has 1 nitrogen and oxygen atoms in total. The number of benzene rings is 1. The molecule has 1 aromatic heterocycles. The SMILES string of the molecule is CC(C)n1ccc2ccc(F)cc21. The van der Waals surface area contributed by atoms with Crippen LogP contribution in [-0.2, 0) is 0 Å². The molecule has 0 amide bonds. The molecule has 0 radical (unpaired) electrons. The molecule has 0 unspecified atom stereocenters. The summed E-state index contributed by atoms with van der Waals surface area (Å²) in [6, 6.07) is 7.26. The molecule has 1 aromatic carbocycles. The van der Waals surface area contributed by atoms with E-state index in [4.69, 9.17) is 0 Å². The minimum absolute atomic E-state index is 0.173. The molecule has 0 spiro atoms. The van der Waals surface area contributed by atoms with Crippen molar-refractivity contribution >= 4 is 10.9 Å². The van der Waals surface area contributed by atoms with Crippen LogP contribution in [0.4, 0.5) is 4.39 Å². The second-order valence-electron chi connectivity index (χ2n) is 3.52. The molecule has 0 fully saturated rings. The molecule has 0 bridgehead atoms. The summed E-state index contributed by atoms with van der Waals surface area (Å²) >= 11 is 0. The predicted octanol–water partition coefficient (Wildman–Crippen LogP) is 3.36. The molecule has 0 saturated carbocycles. The van der Waals surface area contributed by atoms with Crippen molar-refractivity contribution in [3.8, 4) is 0 Å². The third-order valence-corrected chi connectivity index (χ3v) is 2.24. The molecular weight excluding hydrogens is 165 g/mol. The van der Waals surface area contributed by atoms with Crippen LogP contribution in [0.2, 0.25) is 0 Å². The quantitative estimate of drug-likeness (QED) is 0.629. The maximum Gasteiger partial charge on any atom is 0.125 e. The Bertz CT molecular complexity index is 429. The molecule has 1 heterocycles. The van der Waals surface area contributed by atoms with Crippen LogP contribution in [-0.4, -0.2) is 4.57 Å². The van der Waals surface area contributed by atoms with E-state index >= 15 is 0 Å². The van der Waals surface area contributed by atoms with Gasteiger partial charge in [-0.3, -0.25) is 0 Å². The fourth-order valence-electron chi connectivity index (χ4n) is 1.57. The zero-order valence-electron chi connectivity index (χ0n) is 7.79. The molecule has 0 aliphatic heterocycles. The van der Waals surface area contributed by atoms with Gasteiger partial charge < -0.3 is 4.57 Å². The first kappa shape index (κ1) is 8.30. The molecule has 0 aliphatic rings. The van der Waals surface area contributed by atoms with Gasteiger partial charge in [0.05, 0.1) is 5.52 Å². The maximum atomic E-state index is 12.9. The smallest absolute Gasteiger partial charge is 0.125 e. The Morgan fingerprint density at radius 2 is 2.00 bits per heavy atom. The van der Waals surface area contributed by atoms with Gasteiger partial charge in [-0.25, -0.2) is 4.39 Å². The van der Waals surface area contributed by atoms with E-state index in [1.165, 1.54) is 6.07 Å². The topological polar surface area (TPSA) is 4.93 Å². The van der Waals surface area contributed by atoms with Crippen LogP contribution in [0, 0.1) is 5.82 Å². The average molecular weight is 177 g/mol. The molecule has 0 aliphatic carbocycles. The maximum absolute atomic E-state index is 12.9. The third-order valence-electron chi connectivity index (χ3n) is 2.24. The first-order valence-electron chi connectivity index (χ1n) is 4.44. The fraction of sp³-hybridized carbons (Fsp3) is 0.273. The fourth-order valence-corrected chi connectivity index (χ4v) is 1.57. The van der Waals surface area contributed by atoms with Crippen LogP contribution >= 0.6 is 0 Å². The molecule has 0 atom stereocenters. The lowest BCUT2D eigenvalue weighted by atomic mass is 10.2. The Morgan fingerprint density at radius 1 is 1.23 bits per heavy atom. The summed E-state index contributed by atoms with van der Waals surface area (Å²) < 4.78 is 15.0. The lowest BCUT2D eigenvalue weighted by Gasteiger charge is -2.08. The number of aromatic nitrogens is 1. The van der Waals surface area contributed by atoms with Gasteiger partial charge in [0, 0.05) is 12.2 Å². The van der Waals surface area contributed by atoms with Crippen LogP contribution in [0.3, 0.4) is 0 Å². The summed E-state index contributed by atoms with van der Waals surface area (Å²) in [5.74, 6) is -0.173. The van der Waals surface area contributed by atoms with Crippen molar-refractivity contribution in [2.75, 3.05) is 0 Å². The van der Waals surface area contributed by atoms with Gasteiger partial charge in [-0.1, -0.05) is 0 Å². The molecule has 0 saturated heterocycles. The summed E-state index contributed by atoms with van der Waals surface area (Å²) in [6.07, 6.45) is 1.99. The van der Waals surface area contributed by atoms with Gasteiger partial charge >= 0.3 is 0 Å². The van der Waals surface area contributed by atoms with Gasteiger partial charge in [0.2, 0.25) is 0 Å². The van der Waals surface area contributed by atoms with Crippen LogP contribution < -0.4 is 0 Å². The van der Waals surface area contributed by atoms with E-state index in [1.54, 1.807) is 6.07 Å². The van der Waals surface area contributed by atoms with Crippen molar-refractivity contribution in [2.24, 2.45) is 0 Å². The highest BCUT2D eigenvalue weighted by Crippen LogP contribution is 2.20. The van der Waals surface area contributed by atoms with E-state index < -0.39 is 0 Å². The normalized spacial score (nSPS) is 11.4. The van der Waals surface area contributed by atoms with Crippen molar-refractivity contribution < 1.29 is 4.39 Å². The zero-order valence-corrected chi connectivity index (χ0v) is 7.79. The second-order valence-corrected chi connectivity index (χ2v) is 3.52. The summed E-state index contributed by atoms with van der Waals surface area (Å²) in [5, 5.41) is 1.09. The number of halogens is 1. The van der Waals surface area contributed by atoms with E-state index in [0.717, 1.165) is 10.9 Å². The van der Waals surface area contributed by atoms with Gasteiger partial charge in [-0.05, 0) is 43.5 Å². The zero-order chi connectivity index (χ0) is 9.42. The van der Waals surface area contributed by atoms with Gasteiger partial charge in [0.1, 0.15) is 5.82 Å². The Balaban J connectivity index is 2.71. The Labute approximate surface area is 76.8 Å². The van der Waals surface area contributed by atoms with Crippen molar-refractivity contribution in [1.29, 1.82) is 0 Å². The number of nitrogens with zero attached hydrogens (tertiary/aromatic N) is 1. The van der Waals surface area contributed by atoms with Crippen LogP contribution in [0.1, 0.15) is 19.9 Å². The Morgan fingerprint density at radius 3 is 2.69 bits per heavy atom. The van der Waals surface area contributed by atoms with E-state index in [-0.39, 0.29) is 5.82 Å². The summed E-state index contributed by atoms with van der Waals surface area (Å²) in [5.41, 5.74) is 0.968. The summed E-state index contributed by atoms with van der Waals surface area (Å²) in [4.78, 5) is 0. The predicted molar refractivity (Wildman–Crippen MR) is 52.3 cm³/mol. The van der Waals surface area contributed by atoms with E-state index in [0.29, 0.717) is 6.04 Å². The lowest BCUT2D eigenvalue weighted by Crippen LogP contribution is -1.97. The molecular formula is C11H12FN. The van der Waals surface area contributed by atoms with Gasteiger partial charge in [0.15, 0.2) is 0 Å². The Kier molecular flexibility index (Phi) is 1.83. The second kappa shape index (κ2) is 2.87. The standard InChI is InChI=1S/C11H12FN/c1-8(2)13-6-5-9-3-4-10(12)7-11(9)13/h3-8H,1-2H3. The van der Waals surface area contributed by atoms with Gasteiger partial charge in [-0.2, -0.15) is 0 Å². The van der Waals surface area contributed by atoms with Crippen LogP contribution in [0.5, 0.6) is 0 Å². The van der Waals surface area contributed by atoms with E-state index in [9.17, 15) is 4.39 Å². The number of fused-ring (bicyclic) bond motifs is 1. The largest absolute Gasteiger partial charge is 0.345 e. The highest BCUT2D eigenvalue weighted by molar-refractivity contribution is 5.80. The first-order valence-corrected chi connectivity index (χ1v) is 4.44. The molecule has 68 valence electrons. The van der Waals surface area contributed by atoms with Crippen LogP contribution in [0.25, 0.3) is 10.9 Å². The van der Waals surface area contributed by atoms with Crippen molar-refractivity contribution in [3.05, 3.63) is 36.3 Å². The molecule has 2 rings (SSSR count). The van der Waals surface area contributed by atoms with Crippen molar-refractivity contribution in [2.45, 2.75) is 19.9 Å². The van der Waals surface area contributed by atoms with Crippen molar-refractivity contribution in [1.82, 2.24) is 4.57 Å². The minimum atomic E-state index is -0.173. The summed E-state index contributed by atoms with van der Waals surface area (Å²) in [6.45, 7) is 4.18. The third kappa shape index (κ3) is 1.32. The van der Waals surface area contributed by atoms with Gasteiger partial charge in [-0.15, -0.1) is 0 Å². The van der Waals surface area contributed by atoms with Crippen LogP contribution in [0.15, 0.2) is 30.5 Å².